The van der Waals surface area contributed by atoms with Crippen LogP contribution in [0.15, 0.2) is 24.3 Å². The predicted octanol–water partition coefficient (Wildman–Crippen LogP) is 1.93. The third kappa shape index (κ3) is 2.61. The van der Waals surface area contributed by atoms with Crippen LogP contribution in [-0.4, -0.2) is 27.2 Å². The molecular formula is C14H18N4O. The molecular weight excluding hydrogens is 240 g/mol. The van der Waals surface area contributed by atoms with Crippen molar-refractivity contribution in [1.82, 2.24) is 9.97 Å². The zero-order valence-electron chi connectivity index (χ0n) is 10.7. The molecule has 4 N–H and O–H groups in total. The highest BCUT2D eigenvalue weighted by atomic mass is 16.3. The summed E-state index contributed by atoms with van der Waals surface area (Å²) in [5.41, 5.74) is 6.60. The van der Waals surface area contributed by atoms with Crippen molar-refractivity contribution in [3.05, 3.63) is 24.3 Å². The van der Waals surface area contributed by atoms with Gasteiger partial charge in [0.2, 0.25) is 5.95 Å². The summed E-state index contributed by atoms with van der Waals surface area (Å²) in [5, 5.41) is 14.0. The van der Waals surface area contributed by atoms with Crippen LogP contribution in [0.4, 0.5) is 11.8 Å². The number of aromatic nitrogens is 2. The first kappa shape index (κ1) is 12.2. The van der Waals surface area contributed by atoms with Gasteiger partial charge in [0.25, 0.3) is 0 Å². The third-order valence-corrected chi connectivity index (χ3v) is 3.66. The van der Waals surface area contributed by atoms with Gasteiger partial charge < -0.3 is 16.2 Å². The molecule has 1 aliphatic carbocycles. The molecule has 2 aromatic rings. The van der Waals surface area contributed by atoms with Crippen molar-refractivity contribution in [1.29, 1.82) is 0 Å². The number of hydrogen-bond donors (Lipinski definition) is 3. The van der Waals surface area contributed by atoms with Crippen LogP contribution < -0.4 is 11.1 Å². The summed E-state index contributed by atoms with van der Waals surface area (Å²) in [6, 6.07) is 8.19. The largest absolute Gasteiger partial charge is 0.393 e. The summed E-state index contributed by atoms with van der Waals surface area (Å²) < 4.78 is 0. The average molecular weight is 258 g/mol. The molecule has 0 radical (unpaired) electrons. The van der Waals surface area contributed by atoms with Gasteiger partial charge in [0.1, 0.15) is 5.82 Å². The van der Waals surface area contributed by atoms with Gasteiger partial charge in [-0.15, -0.1) is 0 Å². The first-order chi connectivity index (χ1) is 9.22. The van der Waals surface area contributed by atoms with Crippen LogP contribution in [0.2, 0.25) is 0 Å². The maximum atomic E-state index is 9.54. The number of rotatable bonds is 2. The Kier molecular flexibility index (Phi) is 3.21. The zero-order valence-corrected chi connectivity index (χ0v) is 10.7. The van der Waals surface area contributed by atoms with Crippen molar-refractivity contribution in [3.63, 3.8) is 0 Å². The summed E-state index contributed by atoms with van der Waals surface area (Å²) in [6.45, 7) is 0. The quantitative estimate of drug-likeness (QED) is 0.766. The fourth-order valence-corrected chi connectivity index (χ4v) is 2.62. The maximum absolute atomic E-state index is 9.54. The number of fused-ring (bicyclic) bond motifs is 1. The van der Waals surface area contributed by atoms with Crippen LogP contribution >= 0.6 is 0 Å². The van der Waals surface area contributed by atoms with Crippen molar-refractivity contribution < 1.29 is 5.11 Å². The number of nitrogens with one attached hydrogen (secondary N) is 1. The third-order valence-electron chi connectivity index (χ3n) is 3.66. The van der Waals surface area contributed by atoms with Crippen LogP contribution in [0.1, 0.15) is 25.7 Å². The second-order valence-corrected chi connectivity index (χ2v) is 5.10. The Morgan fingerprint density at radius 1 is 1.11 bits per heavy atom. The number of para-hydroxylation sites is 1. The van der Waals surface area contributed by atoms with Gasteiger partial charge in [-0.2, -0.15) is 4.98 Å². The minimum atomic E-state index is -0.148. The van der Waals surface area contributed by atoms with Crippen molar-refractivity contribution in [2.24, 2.45) is 0 Å². The molecule has 3 rings (SSSR count). The molecule has 1 fully saturated rings. The van der Waals surface area contributed by atoms with Crippen molar-refractivity contribution in [3.8, 4) is 0 Å². The second kappa shape index (κ2) is 5.01. The molecule has 100 valence electrons. The number of anilines is 2. The Labute approximate surface area is 111 Å². The summed E-state index contributed by atoms with van der Waals surface area (Å²) in [4.78, 5) is 8.54. The van der Waals surface area contributed by atoms with E-state index >= 15 is 0 Å². The van der Waals surface area contributed by atoms with Crippen LogP contribution in [0, 0.1) is 0 Å². The molecule has 0 atom stereocenters. The van der Waals surface area contributed by atoms with Crippen molar-refractivity contribution in [2.75, 3.05) is 11.1 Å². The van der Waals surface area contributed by atoms with E-state index in [1.54, 1.807) is 0 Å². The van der Waals surface area contributed by atoms with Gasteiger partial charge in [-0.05, 0) is 37.8 Å². The lowest BCUT2D eigenvalue weighted by Crippen LogP contribution is -2.28. The molecule has 1 aliphatic rings. The number of nitrogens with two attached hydrogens (primary N) is 1. The standard InChI is InChI=1S/C14H18N4O/c15-14-17-12-4-2-1-3-11(12)13(18-14)16-9-5-7-10(19)8-6-9/h1-4,9-10,19H,5-8H2,(H3,15,16,17,18). The zero-order chi connectivity index (χ0) is 13.2. The molecule has 0 unspecified atom stereocenters. The van der Waals surface area contributed by atoms with Crippen LogP contribution in [-0.2, 0) is 0 Å². The highest BCUT2D eigenvalue weighted by Gasteiger charge is 2.20. The summed E-state index contributed by atoms with van der Waals surface area (Å²) >= 11 is 0. The lowest BCUT2D eigenvalue weighted by Gasteiger charge is -2.27. The number of nitrogen functional groups attached to an aromatic ring is 1. The maximum Gasteiger partial charge on any atom is 0.222 e. The monoisotopic (exact) mass is 258 g/mol. The van der Waals surface area contributed by atoms with E-state index in [0.717, 1.165) is 42.4 Å². The molecule has 5 heteroatoms. The second-order valence-electron chi connectivity index (χ2n) is 5.10. The van der Waals surface area contributed by atoms with Crippen LogP contribution in [0.3, 0.4) is 0 Å². The highest BCUT2D eigenvalue weighted by Crippen LogP contribution is 2.26. The Hall–Kier alpha value is -1.88. The van der Waals surface area contributed by atoms with E-state index in [-0.39, 0.29) is 12.1 Å². The van der Waals surface area contributed by atoms with Gasteiger partial charge in [0.05, 0.1) is 11.6 Å². The molecule has 0 aliphatic heterocycles. The Bertz CT molecular complexity index is 579. The summed E-state index contributed by atoms with van der Waals surface area (Å²) in [5.74, 6) is 1.08. The Morgan fingerprint density at radius 2 is 1.84 bits per heavy atom. The van der Waals surface area contributed by atoms with Crippen molar-refractivity contribution in [2.45, 2.75) is 37.8 Å². The fourth-order valence-electron chi connectivity index (χ4n) is 2.62. The fraction of sp³-hybridized carbons (Fsp3) is 0.429. The lowest BCUT2D eigenvalue weighted by atomic mass is 9.93. The number of benzene rings is 1. The Morgan fingerprint density at radius 3 is 2.63 bits per heavy atom. The van der Waals surface area contributed by atoms with Gasteiger partial charge in [-0.25, -0.2) is 4.98 Å². The van der Waals surface area contributed by atoms with Gasteiger partial charge in [-0.1, -0.05) is 12.1 Å². The minimum Gasteiger partial charge on any atom is -0.393 e. The smallest absolute Gasteiger partial charge is 0.222 e. The minimum absolute atomic E-state index is 0.148. The number of aliphatic hydroxyl groups excluding tert-OH is 1. The van der Waals surface area contributed by atoms with Gasteiger partial charge in [-0.3, -0.25) is 0 Å². The van der Waals surface area contributed by atoms with Crippen LogP contribution in [0.25, 0.3) is 10.9 Å². The average Bonchev–Trinajstić information content (AvgIpc) is 2.41. The van der Waals surface area contributed by atoms with E-state index in [9.17, 15) is 5.11 Å². The first-order valence-electron chi connectivity index (χ1n) is 6.69. The molecule has 19 heavy (non-hydrogen) atoms. The topological polar surface area (TPSA) is 84.1 Å². The van der Waals surface area contributed by atoms with E-state index in [4.69, 9.17) is 5.73 Å². The molecule has 1 aromatic heterocycles. The molecule has 0 spiro atoms. The SMILES string of the molecule is Nc1nc(NC2CCC(O)CC2)c2ccccc2n1. The van der Waals surface area contributed by atoms with Gasteiger partial charge >= 0.3 is 0 Å². The summed E-state index contributed by atoms with van der Waals surface area (Å²) in [6.07, 6.45) is 3.45. The molecule has 1 aromatic carbocycles. The molecule has 5 nitrogen and oxygen atoms in total. The van der Waals surface area contributed by atoms with Gasteiger partial charge in [0.15, 0.2) is 0 Å². The van der Waals surface area contributed by atoms with E-state index in [2.05, 4.69) is 15.3 Å². The molecule has 1 heterocycles. The first-order valence-corrected chi connectivity index (χ1v) is 6.69. The number of hydrogen-bond acceptors (Lipinski definition) is 5. The predicted molar refractivity (Wildman–Crippen MR) is 75.8 cm³/mol. The van der Waals surface area contributed by atoms with E-state index in [1.807, 2.05) is 24.3 Å². The van der Waals surface area contributed by atoms with Crippen molar-refractivity contribution >= 4 is 22.7 Å². The molecule has 0 saturated heterocycles. The van der Waals surface area contributed by atoms with E-state index in [0.29, 0.717) is 6.04 Å². The van der Waals surface area contributed by atoms with Gasteiger partial charge in [0, 0.05) is 11.4 Å². The highest BCUT2D eigenvalue weighted by molar-refractivity contribution is 5.89. The van der Waals surface area contributed by atoms with E-state index < -0.39 is 0 Å². The van der Waals surface area contributed by atoms with Crippen LogP contribution in [0.5, 0.6) is 0 Å². The molecule has 0 bridgehead atoms. The molecule has 0 amide bonds. The number of nitrogens with zero attached hydrogens (tertiary/aromatic N) is 2. The number of aliphatic hydroxyl groups is 1. The normalized spacial score (nSPS) is 23.4. The molecule has 1 saturated carbocycles. The van der Waals surface area contributed by atoms with E-state index in [1.165, 1.54) is 0 Å². The Balaban J connectivity index is 1.88. The lowest BCUT2D eigenvalue weighted by molar-refractivity contribution is 0.126. The summed E-state index contributed by atoms with van der Waals surface area (Å²) in [7, 11) is 0.